The smallest absolute Gasteiger partial charge is 0.223 e. The summed E-state index contributed by atoms with van der Waals surface area (Å²) in [5.74, 6) is 0.830. The van der Waals surface area contributed by atoms with E-state index in [4.69, 9.17) is 4.74 Å². The van der Waals surface area contributed by atoms with Crippen molar-refractivity contribution in [1.82, 2.24) is 9.88 Å². The molecule has 22 heavy (non-hydrogen) atoms. The van der Waals surface area contributed by atoms with Crippen molar-refractivity contribution in [2.45, 2.75) is 33.1 Å². The molecule has 0 bridgehead atoms. The van der Waals surface area contributed by atoms with Gasteiger partial charge in [-0.3, -0.25) is 4.79 Å². The molecule has 0 aromatic carbocycles. The Morgan fingerprint density at radius 1 is 1.23 bits per heavy atom. The Hall–Kier alpha value is -1.14. The summed E-state index contributed by atoms with van der Waals surface area (Å²) in [6.07, 6.45) is 2.88. The van der Waals surface area contributed by atoms with Gasteiger partial charge in [-0.05, 0) is 32.6 Å². The Bertz CT molecular complexity index is 498. The first-order valence-electron chi connectivity index (χ1n) is 8.18. The molecule has 2 saturated heterocycles. The maximum Gasteiger partial charge on any atom is 0.223 e. The number of rotatable bonds is 3. The van der Waals surface area contributed by atoms with Gasteiger partial charge >= 0.3 is 0 Å². The molecule has 0 radical (unpaired) electrons. The highest BCUT2D eigenvalue weighted by molar-refractivity contribution is 7.15. The van der Waals surface area contributed by atoms with Gasteiger partial charge in [-0.1, -0.05) is 0 Å². The van der Waals surface area contributed by atoms with Crippen molar-refractivity contribution in [3.8, 4) is 0 Å². The van der Waals surface area contributed by atoms with Crippen LogP contribution in [0.5, 0.6) is 0 Å². The van der Waals surface area contributed by atoms with Gasteiger partial charge < -0.3 is 14.5 Å². The summed E-state index contributed by atoms with van der Waals surface area (Å²) in [7, 11) is 0. The first-order valence-corrected chi connectivity index (χ1v) is 8.99. The predicted octanol–water partition coefficient (Wildman–Crippen LogP) is 2.23. The first-order chi connectivity index (χ1) is 10.6. The molecular weight excluding hydrogens is 298 g/mol. The third-order valence-electron chi connectivity index (χ3n) is 4.73. The number of amides is 1. The molecule has 2 aliphatic heterocycles. The van der Waals surface area contributed by atoms with E-state index in [-0.39, 0.29) is 0 Å². The van der Waals surface area contributed by atoms with Gasteiger partial charge in [0.15, 0.2) is 5.13 Å². The van der Waals surface area contributed by atoms with Gasteiger partial charge in [0.25, 0.3) is 0 Å². The fraction of sp³-hybridized carbons (Fsp3) is 0.750. The number of morpholine rings is 1. The lowest BCUT2D eigenvalue weighted by atomic mass is 9.93. The summed E-state index contributed by atoms with van der Waals surface area (Å²) in [4.78, 5) is 22.6. The Kier molecular flexibility index (Phi) is 4.98. The molecule has 0 aliphatic carbocycles. The van der Waals surface area contributed by atoms with Crippen LogP contribution in [0.4, 0.5) is 5.13 Å². The number of hydrogen-bond donors (Lipinski definition) is 0. The van der Waals surface area contributed by atoms with Gasteiger partial charge in [0.05, 0.1) is 18.9 Å². The summed E-state index contributed by atoms with van der Waals surface area (Å²) in [5, 5.41) is 1.15. The summed E-state index contributed by atoms with van der Waals surface area (Å²) in [5.41, 5.74) is 1.14. The number of anilines is 1. The maximum atomic E-state index is 12.3. The first kappa shape index (κ1) is 15.7. The monoisotopic (exact) mass is 323 g/mol. The van der Waals surface area contributed by atoms with E-state index in [2.05, 4.69) is 23.7 Å². The Labute approximate surface area is 136 Å². The Morgan fingerprint density at radius 2 is 1.91 bits per heavy atom. The lowest BCUT2D eigenvalue weighted by molar-refractivity contribution is -0.136. The highest BCUT2D eigenvalue weighted by Gasteiger charge is 2.26. The van der Waals surface area contributed by atoms with E-state index in [9.17, 15) is 4.79 Å². The van der Waals surface area contributed by atoms with E-state index in [0.717, 1.165) is 49.8 Å². The van der Waals surface area contributed by atoms with Gasteiger partial charge in [-0.2, -0.15) is 0 Å². The molecule has 0 atom stereocenters. The average molecular weight is 323 g/mol. The molecule has 1 aromatic rings. The topological polar surface area (TPSA) is 45.7 Å². The van der Waals surface area contributed by atoms with Crippen molar-refractivity contribution in [2.75, 3.05) is 44.3 Å². The largest absolute Gasteiger partial charge is 0.378 e. The van der Waals surface area contributed by atoms with Crippen LogP contribution in [-0.2, 0) is 9.53 Å². The predicted molar refractivity (Wildman–Crippen MR) is 88.5 cm³/mol. The molecule has 2 fully saturated rings. The normalized spacial score (nSPS) is 20.5. The van der Waals surface area contributed by atoms with Crippen LogP contribution < -0.4 is 4.90 Å². The third kappa shape index (κ3) is 3.60. The number of hydrogen-bond acceptors (Lipinski definition) is 5. The van der Waals surface area contributed by atoms with Crippen molar-refractivity contribution in [3.05, 3.63) is 10.6 Å². The highest BCUT2D eigenvalue weighted by Crippen LogP contribution is 2.30. The van der Waals surface area contributed by atoms with Crippen LogP contribution in [0.15, 0.2) is 0 Å². The van der Waals surface area contributed by atoms with Gasteiger partial charge in [0.1, 0.15) is 0 Å². The number of carbonyl (C=O) groups is 1. The maximum absolute atomic E-state index is 12.3. The van der Waals surface area contributed by atoms with Crippen molar-refractivity contribution in [3.63, 3.8) is 0 Å². The third-order valence-corrected chi connectivity index (χ3v) is 5.86. The van der Waals surface area contributed by atoms with E-state index in [0.29, 0.717) is 31.5 Å². The van der Waals surface area contributed by atoms with Gasteiger partial charge in [-0.15, -0.1) is 11.3 Å². The molecule has 1 amide bonds. The minimum Gasteiger partial charge on any atom is -0.378 e. The zero-order valence-electron chi connectivity index (χ0n) is 13.5. The summed E-state index contributed by atoms with van der Waals surface area (Å²) in [6, 6.07) is 0. The number of ether oxygens (including phenoxy) is 1. The minimum atomic E-state index is 0.308. The minimum absolute atomic E-state index is 0.308. The van der Waals surface area contributed by atoms with Crippen molar-refractivity contribution in [1.29, 1.82) is 0 Å². The molecule has 2 aliphatic rings. The highest BCUT2D eigenvalue weighted by atomic mass is 32.1. The number of piperidine rings is 1. The lowest BCUT2D eigenvalue weighted by Crippen LogP contribution is -2.42. The SMILES string of the molecule is Cc1nc(N2CCC(CC(=O)N3CCOCC3)CC2)sc1C. The molecule has 0 N–H and O–H groups in total. The van der Waals surface area contributed by atoms with Crippen LogP contribution in [0.2, 0.25) is 0 Å². The number of thiazole rings is 1. The van der Waals surface area contributed by atoms with E-state index in [1.807, 2.05) is 4.90 Å². The Morgan fingerprint density at radius 3 is 2.50 bits per heavy atom. The molecule has 0 saturated carbocycles. The van der Waals surface area contributed by atoms with Crippen LogP contribution in [0, 0.1) is 19.8 Å². The second-order valence-electron chi connectivity index (χ2n) is 6.27. The summed E-state index contributed by atoms with van der Waals surface area (Å²) >= 11 is 1.78. The van der Waals surface area contributed by atoms with Gasteiger partial charge in [0, 0.05) is 37.5 Å². The van der Waals surface area contributed by atoms with Gasteiger partial charge in [0.2, 0.25) is 5.91 Å². The molecule has 3 heterocycles. The molecule has 122 valence electrons. The molecule has 0 unspecified atom stereocenters. The molecule has 0 spiro atoms. The molecule has 3 rings (SSSR count). The van der Waals surface area contributed by atoms with E-state index >= 15 is 0 Å². The fourth-order valence-corrected chi connectivity index (χ4v) is 4.07. The summed E-state index contributed by atoms with van der Waals surface area (Å²) in [6.45, 7) is 9.14. The van der Waals surface area contributed by atoms with Crippen molar-refractivity contribution >= 4 is 22.4 Å². The number of nitrogens with zero attached hydrogens (tertiary/aromatic N) is 3. The number of aromatic nitrogens is 1. The second-order valence-corrected chi connectivity index (χ2v) is 7.45. The van der Waals surface area contributed by atoms with Crippen molar-refractivity contribution in [2.24, 2.45) is 5.92 Å². The summed E-state index contributed by atoms with van der Waals surface area (Å²) < 4.78 is 5.31. The lowest BCUT2D eigenvalue weighted by Gasteiger charge is -2.33. The zero-order valence-corrected chi connectivity index (χ0v) is 14.3. The van der Waals surface area contributed by atoms with Crippen LogP contribution >= 0.6 is 11.3 Å². The molecule has 1 aromatic heterocycles. The van der Waals surface area contributed by atoms with Crippen LogP contribution in [0.1, 0.15) is 29.8 Å². The van der Waals surface area contributed by atoms with Crippen LogP contribution in [-0.4, -0.2) is 55.2 Å². The van der Waals surface area contributed by atoms with Crippen LogP contribution in [0.3, 0.4) is 0 Å². The average Bonchev–Trinajstić information content (AvgIpc) is 2.88. The van der Waals surface area contributed by atoms with E-state index < -0.39 is 0 Å². The number of aryl methyl sites for hydroxylation is 2. The van der Waals surface area contributed by atoms with Gasteiger partial charge in [-0.25, -0.2) is 4.98 Å². The molecule has 5 nitrogen and oxygen atoms in total. The zero-order chi connectivity index (χ0) is 15.5. The van der Waals surface area contributed by atoms with E-state index in [1.165, 1.54) is 4.88 Å². The molecule has 6 heteroatoms. The Balaban J connectivity index is 1.48. The van der Waals surface area contributed by atoms with Crippen LogP contribution in [0.25, 0.3) is 0 Å². The quantitative estimate of drug-likeness (QED) is 0.856. The number of carbonyl (C=O) groups excluding carboxylic acids is 1. The van der Waals surface area contributed by atoms with E-state index in [1.54, 1.807) is 11.3 Å². The standard InChI is InChI=1S/C16H25N3O2S/c1-12-13(2)22-16(17-12)19-5-3-14(4-6-19)11-15(20)18-7-9-21-10-8-18/h14H,3-11H2,1-2H3. The molecular formula is C16H25N3O2S. The fourth-order valence-electron chi connectivity index (χ4n) is 3.11. The second kappa shape index (κ2) is 6.96. The van der Waals surface area contributed by atoms with Crippen molar-refractivity contribution < 1.29 is 9.53 Å².